The molecular formula is C17H25NO2. The Labute approximate surface area is 121 Å². The molecule has 1 saturated heterocycles. The molecule has 0 amide bonds. The van der Waals surface area contributed by atoms with Gasteiger partial charge in [-0.15, -0.1) is 0 Å². The minimum atomic E-state index is 0.891. The van der Waals surface area contributed by atoms with Crippen molar-refractivity contribution in [1.29, 1.82) is 0 Å². The summed E-state index contributed by atoms with van der Waals surface area (Å²) in [4.78, 5) is 2.50. The topological polar surface area (TPSA) is 21.7 Å². The van der Waals surface area contributed by atoms with E-state index < -0.39 is 0 Å². The van der Waals surface area contributed by atoms with Crippen LogP contribution in [0.15, 0.2) is 12.1 Å². The zero-order chi connectivity index (χ0) is 13.8. The Morgan fingerprint density at radius 2 is 1.90 bits per heavy atom. The van der Waals surface area contributed by atoms with E-state index in [9.17, 15) is 0 Å². The van der Waals surface area contributed by atoms with Crippen LogP contribution >= 0.6 is 0 Å². The van der Waals surface area contributed by atoms with E-state index in [1.54, 1.807) is 12.7 Å². The van der Waals surface area contributed by atoms with Crippen LogP contribution in [-0.2, 0) is 24.0 Å². The van der Waals surface area contributed by atoms with Crippen molar-refractivity contribution in [3.63, 3.8) is 0 Å². The number of methoxy groups -OCH3 is 1. The maximum absolute atomic E-state index is 5.58. The number of aryl methyl sites for hydroxylation is 3. The summed E-state index contributed by atoms with van der Waals surface area (Å²) in [5.41, 5.74) is 4.44. The van der Waals surface area contributed by atoms with E-state index in [0.717, 1.165) is 38.5 Å². The predicted octanol–water partition coefficient (Wildman–Crippen LogP) is 2.45. The van der Waals surface area contributed by atoms with E-state index in [2.05, 4.69) is 17.0 Å². The van der Waals surface area contributed by atoms with Crippen molar-refractivity contribution in [2.24, 2.45) is 0 Å². The Kier molecular flexibility index (Phi) is 4.58. The van der Waals surface area contributed by atoms with Gasteiger partial charge in [-0.3, -0.25) is 4.90 Å². The first kappa shape index (κ1) is 13.9. The molecule has 1 aliphatic carbocycles. The lowest BCUT2D eigenvalue weighted by Crippen LogP contribution is -2.36. The van der Waals surface area contributed by atoms with E-state index in [1.165, 1.54) is 43.4 Å². The molecule has 110 valence electrons. The quantitative estimate of drug-likeness (QED) is 0.824. The van der Waals surface area contributed by atoms with Crippen LogP contribution in [0, 0.1) is 0 Å². The van der Waals surface area contributed by atoms with Crippen LogP contribution in [0.25, 0.3) is 0 Å². The number of fused-ring (bicyclic) bond motifs is 1. The zero-order valence-corrected chi connectivity index (χ0v) is 12.5. The molecule has 3 nitrogen and oxygen atoms in total. The van der Waals surface area contributed by atoms with E-state index >= 15 is 0 Å². The molecule has 1 aromatic rings. The van der Waals surface area contributed by atoms with Crippen molar-refractivity contribution in [2.45, 2.75) is 32.1 Å². The van der Waals surface area contributed by atoms with Gasteiger partial charge in [0.15, 0.2) is 0 Å². The summed E-state index contributed by atoms with van der Waals surface area (Å²) in [5, 5.41) is 0. The molecule has 0 unspecified atom stereocenters. The Balaban J connectivity index is 1.58. The van der Waals surface area contributed by atoms with Gasteiger partial charge in [0.1, 0.15) is 5.75 Å². The van der Waals surface area contributed by atoms with Crippen LogP contribution in [0.3, 0.4) is 0 Å². The molecule has 1 heterocycles. The van der Waals surface area contributed by atoms with Crippen LogP contribution in [-0.4, -0.2) is 44.9 Å². The molecule has 0 aromatic heterocycles. The number of rotatable bonds is 5. The molecule has 3 rings (SSSR count). The molecule has 20 heavy (non-hydrogen) atoms. The molecule has 0 atom stereocenters. The van der Waals surface area contributed by atoms with Gasteiger partial charge in [0.25, 0.3) is 0 Å². The summed E-state index contributed by atoms with van der Waals surface area (Å²) in [6.07, 6.45) is 6.09. The maximum atomic E-state index is 5.58. The van der Waals surface area contributed by atoms with Gasteiger partial charge in [0.05, 0.1) is 20.3 Å². The molecule has 0 N–H and O–H groups in total. The van der Waals surface area contributed by atoms with E-state index in [4.69, 9.17) is 9.47 Å². The van der Waals surface area contributed by atoms with Crippen LogP contribution in [0.4, 0.5) is 0 Å². The lowest BCUT2D eigenvalue weighted by atomic mass is 10.0. The average Bonchev–Trinajstić information content (AvgIpc) is 2.94. The fraction of sp³-hybridized carbons (Fsp3) is 0.647. The van der Waals surface area contributed by atoms with Gasteiger partial charge in [0.2, 0.25) is 0 Å². The molecule has 1 aliphatic heterocycles. The summed E-state index contributed by atoms with van der Waals surface area (Å²) in [6.45, 7) is 5.12. The van der Waals surface area contributed by atoms with Crippen LogP contribution in [0.2, 0.25) is 0 Å². The van der Waals surface area contributed by atoms with Gasteiger partial charge in [0, 0.05) is 13.1 Å². The minimum absolute atomic E-state index is 0.891. The zero-order valence-electron chi connectivity index (χ0n) is 12.5. The van der Waals surface area contributed by atoms with Crippen molar-refractivity contribution in [3.8, 4) is 5.75 Å². The van der Waals surface area contributed by atoms with Crippen LogP contribution in [0.5, 0.6) is 5.75 Å². The summed E-state index contributed by atoms with van der Waals surface area (Å²) in [6, 6.07) is 4.66. The highest BCUT2D eigenvalue weighted by molar-refractivity contribution is 5.44. The fourth-order valence-corrected chi connectivity index (χ4v) is 3.36. The Bertz CT molecular complexity index is 453. The van der Waals surface area contributed by atoms with Gasteiger partial charge >= 0.3 is 0 Å². The second-order valence-corrected chi connectivity index (χ2v) is 5.84. The highest BCUT2D eigenvalue weighted by atomic mass is 16.5. The normalized spacial score (nSPS) is 19.1. The molecule has 0 saturated carbocycles. The van der Waals surface area contributed by atoms with Crippen LogP contribution in [0.1, 0.15) is 29.5 Å². The first-order chi connectivity index (χ1) is 9.86. The predicted molar refractivity (Wildman–Crippen MR) is 80.6 cm³/mol. The van der Waals surface area contributed by atoms with Crippen LogP contribution < -0.4 is 4.74 Å². The molecule has 0 radical (unpaired) electrons. The van der Waals surface area contributed by atoms with Gasteiger partial charge < -0.3 is 9.47 Å². The summed E-state index contributed by atoms with van der Waals surface area (Å²) < 4.78 is 11.0. The first-order valence-electron chi connectivity index (χ1n) is 7.85. The third-order valence-electron chi connectivity index (χ3n) is 4.52. The van der Waals surface area contributed by atoms with Gasteiger partial charge in [-0.05, 0) is 61.4 Å². The second-order valence-electron chi connectivity index (χ2n) is 5.84. The highest BCUT2D eigenvalue weighted by Crippen LogP contribution is 2.30. The number of hydrogen-bond acceptors (Lipinski definition) is 3. The molecule has 0 spiro atoms. The molecule has 0 bridgehead atoms. The fourth-order valence-electron chi connectivity index (χ4n) is 3.36. The van der Waals surface area contributed by atoms with Crippen molar-refractivity contribution in [2.75, 3.05) is 40.0 Å². The molecule has 3 heteroatoms. The summed E-state index contributed by atoms with van der Waals surface area (Å²) >= 11 is 0. The van der Waals surface area contributed by atoms with E-state index in [0.29, 0.717) is 0 Å². The third-order valence-corrected chi connectivity index (χ3v) is 4.52. The van der Waals surface area contributed by atoms with Gasteiger partial charge in [-0.25, -0.2) is 0 Å². The Morgan fingerprint density at radius 3 is 2.65 bits per heavy atom. The minimum Gasteiger partial charge on any atom is -0.496 e. The SMILES string of the molecule is COc1cc2c(cc1CCCN1CCOCC1)CCC2. The van der Waals surface area contributed by atoms with Crippen molar-refractivity contribution in [3.05, 3.63) is 28.8 Å². The summed E-state index contributed by atoms with van der Waals surface area (Å²) in [5.74, 6) is 1.09. The van der Waals surface area contributed by atoms with Gasteiger partial charge in [-0.2, -0.15) is 0 Å². The summed E-state index contributed by atoms with van der Waals surface area (Å²) in [7, 11) is 1.79. The number of nitrogens with zero attached hydrogens (tertiary/aromatic N) is 1. The molecule has 1 aromatic carbocycles. The second kappa shape index (κ2) is 6.59. The Hall–Kier alpha value is -1.06. The first-order valence-corrected chi connectivity index (χ1v) is 7.85. The van der Waals surface area contributed by atoms with Gasteiger partial charge in [-0.1, -0.05) is 6.07 Å². The van der Waals surface area contributed by atoms with Crippen molar-refractivity contribution >= 4 is 0 Å². The standard InChI is InChI=1S/C17H25NO2/c1-19-17-13-15-5-2-4-14(15)12-16(17)6-3-7-18-8-10-20-11-9-18/h12-13H,2-11H2,1H3. The number of hydrogen-bond donors (Lipinski definition) is 0. The number of benzene rings is 1. The molecule has 1 fully saturated rings. The molecular weight excluding hydrogens is 250 g/mol. The highest BCUT2D eigenvalue weighted by Gasteiger charge is 2.15. The maximum Gasteiger partial charge on any atom is 0.122 e. The smallest absolute Gasteiger partial charge is 0.122 e. The lowest BCUT2D eigenvalue weighted by molar-refractivity contribution is 0.0374. The number of ether oxygens (including phenoxy) is 2. The van der Waals surface area contributed by atoms with Crippen molar-refractivity contribution < 1.29 is 9.47 Å². The van der Waals surface area contributed by atoms with E-state index in [-0.39, 0.29) is 0 Å². The average molecular weight is 275 g/mol. The monoisotopic (exact) mass is 275 g/mol. The molecule has 2 aliphatic rings. The largest absolute Gasteiger partial charge is 0.496 e. The third kappa shape index (κ3) is 3.15. The number of morpholine rings is 1. The lowest BCUT2D eigenvalue weighted by Gasteiger charge is -2.26. The van der Waals surface area contributed by atoms with E-state index in [1.807, 2.05) is 0 Å². The van der Waals surface area contributed by atoms with Crippen molar-refractivity contribution in [1.82, 2.24) is 4.90 Å². The Morgan fingerprint density at radius 1 is 1.15 bits per heavy atom.